The van der Waals surface area contributed by atoms with Crippen molar-refractivity contribution in [2.45, 2.75) is 77.5 Å². The maximum absolute atomic E-state index is 13.3. The highest BCUT2D eigenvalue weighted by Crippen LogP contribution is 2.13. The summed E-state index contributed by atoms with van der Waals surface area (Å²) in [6.07, 6.45) is 0.768. The molecule has 6 unspecified atom stereocenters. The standard InChI is InChI=1S/C25H39N5O6/c1-5-14(3)20(24(34)30-21(25(35)36)15(4)6-2)29-23(33)18(12-16-10-8-7-9-11-16)28-22(32)17(26)13-19(27)31/h7-11,14-15,17-18,20-21H,5-6,12-13,26H2,1-4H3,(H2,27,31)(H,28,32)(H,29,33)(H,30,34)(H,35,36). The lowest BCUT2D eigenvalue weighted by atomic mass is 9.95. The number of primary amides is 1. The van der Waals surface area contributed by atoms with E-state index in [1.165, 1.54) is 0 Å². The van der Waals surface area contributed by atoms with Crippen LogP contribution in [0.3, 0.4) is 0 Å². The van der Waals surface area contributed by atoms with Crippen LogP contribution in [0.5, 0.6) is 0 Å². The van der Waals surface area contributed by atoms with Crippen molar-refractivity contribution >= 4 is 29.6 Å². The molecule has 1 rings (SSSR count). The highest BCUT2D eigenvalue weighted by atomic mass is 16.4. The number of carboxylic acids is 1. The number of benzene rings is 1. The number of nitrogens with two attached hydrogens (primary N) is 2. The molecule has 200 valence electrons. The van der Waals surface area contributed by atoms with Gasteiger partial charge in [-0.05, 0) is 17.4 Å². The van der Waals surface area contributed by atoms with E-state index in [0.29, 0.717) is 12.8 Å². The second-order valence-electron chi connectivity index (χ2n) is 9.11. The molecule has 0 heterocycles. The topological polar surface area (TPSA) is 194 Å². The van der Waals surface area contributed by atoms with Crippen molar-refractivity contribution < 1.29 is 29.1 Å². The third-order valence-electron chi connectivity index (χ3n) is 6.24. The van der Waals surface area contributed by atoms with Crippen molar-refractivity contribution in [2.24, 2.45) is 23.3 Å². The van der Waals surface area contributed by atoms with Crippen LogP contribution in [-0.4, -0.2) is 58.9 Å². The molecule has 0 aliphatic heterocycles. The van der Waals surface area contributed by atoms with Gasteiger partial charge in [-0.15, -0.1) is 0 Å². The largest absolute Gasteiger partial charge is 0.480 e. The first-order valence-electron chi connectivity index (χ1n) is 12.1. The molecule has 0 saturated carbocycles. The van der Waals surface area contributed by atoms with Crippen LogP contribution < -0.4 is 27.4 Å². The quantitative estimate of drug-likeness (QED) is 0.194. The number of carbonyl (C=O) groups is 5. The van der Waals surface area contributed by atoms with Crippen molar-refractivity contribution in [1.29, 1.82) is 0 Å². The molecule has 0 spiro atoms. The van der Waals surface area contributed by atoms with Crippen LogP contribution in [0.25, 0.3) is 0 Å². The van der Waals surface area contributed by atoms with Gasteiger partial charge in [0.25, 0.3) is 0 Å². The summed E-state index contributed by atoms with van der Waals surface area (Å²) in [6, 6.07) is 4.41. The van der Waals surface area contributed by atoms with Gasteiger partial charge in [0.2, 0.25) is 23.6 Å². The molecule has 0 aliphatic rings. The molecule has 0 aliphatic carbocycles. The van der Waals surface area contributed by atoms with Crippen molar-refractivity contribution in [3.05, 3.63) is 35.9 Å². The third kappa shape index (κ3) is 9.65. The van der Waals surface area contributed by atoms with Gasteiger partial charge in [-0.3, -0.25) is 19.2 Å². The lowest BCUT2D eigenvalue weighted by molar-refractivity contribution is -0.144. The van der Waals surface area contributed by atoms with Gasteiger partial charge in [-0.2, -0.15) is 0 Å². The van der Waals surface area contributed by atoms with Crippen molar-refractivity contribution in [3.63, 3.8) is 0 Å². The summed E-state index contributed by atoms with van der Waals surface area (Å²) in [5.41, 5.74) is 11.6. The molecule has 11 nitrogen and oxygen atoms in total. The number of aliphatic carboxylic acids is 1. The Bertz CT molecular complexity index is 909. The minimum Gasteiger partial charge on any atom is -0.480 e. The van der Waals surface area contributed by atoms with E-state index in [1.54, 1.807) is 44.2 Å². The minimum atomic E-state index is -1.24. The van der Waals surface area contributed by atoms with E-state index in [4.69, 9.17) is 11.5 Å². The molecule has 0 aromatic heterocycles. The van der Waals surface area contributed by atoms with Crippen LogP contribution in [0.15, 0.2) is 30.3 Å². The predicted octanol–water partition coefficient (Wildman–Crippen LogP) is 0.0630. The molecule has 36 heavy (non-hydrogen) atoms. The SMILES string of the molecule is CCC(C)C(NC(=O)C(NC(=O)C(Cc1ccccc1)NC(=O)C(N)CC(N)=O)C(C)CC)C(=O)O. The predicted molar refractivity (Wildman–Crippen MR) is 134 cm³/mol. The van der Waals surface area contributed by atoms with E-state index in [9.17, 15) is 29.1 Å². The lowest BCUT2D eigenvalue weighted by Crippen LogP contribution is -2.59. The first-order chi connectivity index (χ1) is 16.9. The van der Waals surface area contributed by atoms with Crippen molar-refractivity contribution in [1.82, 2.24) is 16.0 Å². The van der Waals surface area contributed by atoms with Crippen LogP contribution in [0.1, 0.15) is 52.5 Å². The van der Waals surface area contributed by atoms with Gasteiger partial charge >= 0.3 is 5.97 Å². The molecule has 0 fully saturated rings. The number of amides is 4. The molecular formula is C25H39N5O6. The molecule has 11 heteroatoms. The molecule has 0 radical (unpaired) electrons. The monoisotopic (exact) mass is 505 g/mol. The number of rotatable bonds is 15. The van der Waals surface area contributed by atoms with Crippen molar-refractivity contribution in [3.8, 4) is 0 Å². The van der Waals surface area contributed by atoms with E-state index >= 15 is 0 Å². The average Bonchev–Trinajstić information content (AvgIpc) is 2.83. The summed E-state index contributed by atoms with van der Waals surface area (Å²) in [5, 5.41) is 17.3. The van der Waals surface area contributed by atoms with Gasteiger partial charge < -0.3 is 32.5 Å². The zero-order valence-corrected chi connectivity index (χ0v) is 21.3. The first kappa shape index (κ1) is 30.6. The molecule has 4 amide bonds. The summed E-state index contributed by atoms with van der Waals surface area (Å²) in [7, 11) is 0. The van der Waals surface area contributed by atoms with E-state index in [2.05, 4.69) is 16.0 Å². The lowest BCUT2D eigenvalue weighted by Gasteiger charge is -2.29. The Labute approximate surface area is 211 Å². The van der Waals surface area contributed by atoms with Crippen LogP contribution in [0.4, 0.5) is 0 Å². The fourth-order valence-electron chi connectivity index (χ4n) is 3.53. The fraction of sp³-hybridized carbons (Fsp3) is 0.560. The Morgan fingerprint density at radius 3 is 1.86 bits per heavy atom. The average molecular weight is 506 g/mol. The Hall–Kier alpha value is -3.47. The van der Waals surface area contributed by atoms with Gasteiger partial charge in [0.1, 0.15) is 18.1 Å². The fourth-order valence-corrected chi connectivity index (χ4v) is 3.53. The Balaban J connectivity index is 3.15. The van der Waals surface area contributed by atoms with Gasteiger partial charge in [0, 0.05) is 6.42 Å². The van der Waals surface area contributed by atoms with Crippen LogP contribution >= 0.6 is 0 Å². The van der Waals surface area contributed by atoms with Crippen LogP contribution in [0, 0.1) is 11.8 Å². The molecule has 8 N–H and O–H groups in total. The van der Waals surface area contributed by atoms with E-state index in [1.807, 2.05) is 13.8 Å². The Morgan fingerprint density at radius 1 is 0.833 bits per heavy atom. The summed E-state index contributed by atoms with van der Waals surface area (Å²) in [6.45, 7) is 7.14. The second-order valence-corrected chi connectivity index (χ2v) is 9.11. The highest BCUT2D eigenvalue weighted by Gasteiger charge is 2.34. The van der Waals surface area contributed by atoms with E-state index in [0.717, 1.165) is 5.56 Å². The molecule has 0 saturated heterocycles. The molecule has 6 atom stereocenters. The maximum Gasteiger partial charge on any atom is 0.326 e. The van der Waals surface area contributed by atoms with Gasteiger partial charge in [0.15, 0.2) is 0 Å². The number of carboxylic acid groups (broad SMARTS) is 1. The number of hydrogen-bond donors (Lipinski definition) is 6. The minimum absolute atomic E-state index is 0.0984. The summed E-state index contributed by atoms with van der Waals surface area (Å²) >= 11 is 0. The summed E-state index contributed by atoms with van der Waals surface area (Å²) in [4.78, 5) is 61.8. The smallest absolute Gasteiger partial charge is 0.326 e. The third-order valence-corrected chi connectivity index (χ3v) is 6.24. The van der Waals surface area contributed by atoms with Gasteiger partial charge in [-0.1, -0.05) is 70.9 Å². The molecule has 1 aromatic rings. The number of nitrogens with one attached hydrogen (secondary N) is 3. The normalized spacial score (nSPS) is 15.9. The summed E-state index contributed by atoms with van der Waals surface area (Å²) in [5.74, 6) is -4.58. The maximum atomic E-state index is 13.3. The Morgan fingerprint density at radius 2 is 1.36 bits per heavy atom. The molecular weight excluding hydrogens is 466 g/mol. The Kier molecular flexibility index (Phi) is 12.6. The second kappa shape index (κ2) is 14.8. The molecule has 1 aromatic carbocycles. The first-order valence-corrected chi connectivity index (χ1v) is 12.1. The van der Waals surface area contributed by atoms with E-state index < -0.39 is 60.2 Å². The van der Waals surface area contributed by atoms with Crippen LogP contribution in [0.2, 0.25) is 0 Å². The van der Waals surface area contributed by atoms with Gasteiger partial charge in [-0.25, -0.2) is 4.79 Å². The van der Waals surface area contributed by atoms with Crippen LogP contribution in [-0.2, 0) is 30.4 Å². The molecule has 0 bridgehead atoms. The number of hydrogen-bond acceptors (Lipinski definition) is 6. The van der Waals surface area contributed by atoms with Crippen molar-refractivity contribution in [2.75, 3.05) is 0 Å². The highest BCUT2D eigenvalue weighted by molar-refractivity contribution is 5.95. The van der Waals surface area contributed by atoms with Gasteiger partial charge in [0.05, 0.1) is 12.5 Å². The zero-order chi connectivity index (χ0) is 27.4. The van der Waals surface area contributed by atoms with E-state index in [-0.39, 0.29) is 18.3 Å². The zero-order valence-electron chi connectivity index (χ0n) is 21.3. The number of carbonyl (C=O) groups excluding carboxylic acids is 4. The summed E-state index contributed by atoms with van der Waals surface area (Å²) < 4.78 is 0.